The van der Waals surface area contributed by atoms with Gasteiger partial charge in [0.05, 0.1) is 0 Å². The number of pyridine rings is 1. The fourth-order valence-electron chi connectivity index (χ4n) is 3.19. The summed E-state index contributed by atoms with van der Waals surface area (Å²) in [6.07, 6.45) is 2.96. The second-order valence-corrected chi connectivity index (χ2v) is 6.71. The maximum atomic E-state index is 12.7. The Hall–Kier alpha value is -3.61. The molecule has 1 fully saturated rings. The second kappa shape index (κ2) is 8.60. The molecule has 0 radical (unpaired) electrons. The highest BCUT2D eigenvalue weighted by Crippen LogP contribution is 2.15. The summed E-state index contributed by atoms with van der Waals surface area (Å²) in [6, 6.07) is 16.5. The average molecular weight is 391 g/mol. The molecule has 0 bridgehead atoms. The molecule has 0 atom stereocenters. The first-order valence-corrected chi connectivity index (χ1v) is 9.45. The zero-order valence-electron chi connectivity index (χ0n) is 15.9. The summed E-state index contributed by atoms with van der Waals surface area (Å²) >= 11 is 0. The summed E-state index contributed by atoms with van der Waals surface area (Å²) in [4.78, 5) is 33.2. The highest BCUT2D eigenvalue weighted by atomic mass is 16.5. The summed E-state index contributed by atoms with van der Waals surface area (Å²) in [7, 11) is 0. The molecular weight excluding hydrogens is 370 g/mol. The SMILES string of the molecule is O=C(c1cc(=O)c(OCc2ccccc2)co1)N1CCN(c2ccccn2)CC1. The third-order valence-electron chi connectivity index (χ3n) is 4.79. The zero-order valence-corrected chi connectivity index (χ0v) is 15.9. The number of hydrogen-bond acceptors (Lipinski definition) is 6. The first-order chi connectivity index (χ1) is 14.2. The molecule has 29 heavy (non-hydrogen) atoms. The molecule has 3 heterocycles. The van der Waals surface area contributed by atoms with E-state index in [-0.39, 0.29) is 29.5 Å². The number of piperazine rings is 1. The van der Waals surface area contributed by atoms with Crippen molar-refractivity contribution in [3.8, 4) is 5.75 Å². The van der Waals surface area contributed by atoms with Crippen molar-refractivity contribution in [1.29, 1.82) is 0 Å². The van der Waals surface area contributed by atoms with Crippen LogP contribution in [0, 0.1) is 0 Å². The van der Waals surface area contributed by atoms with Crippen LogP contribution >= 0.6 is 0 Å². The van der Waals surface area contributed by atoms with Gasteiger partial charge >= 0.3 is 0 Å². The molecule has 2 aromatic heterocycles. The van der Waals surface area contributed by atoms with E-state index in [4.69, 9.17) is 9.15 Å². The molecule has 4 rings (SSSR count). The summed E-state index contributed by atoms with van der Waals surface area (Å²) in [6.45, 7) is 2.67. The van der Waals surface area contributed by atoms with Crippen LogP contribution in [-0.2, 0) is 6.61 Å². The minimum Gasteiger partial charge on any atom is -0.482 e. The number of aromatic nitrogens is 1. The van der Waals surface area contributed by atoms with E-state index in [2.05, 4.69) is 9.88 Å². The Morgan fingerprint density at radius 1 is 1.03 bits per heavy atom. The Balaban J connectivity index is 1.37. The van der Waals surface area contributed by atoms with Crippen LogP contribution in [0.5, 0.6) is 5.75 Å². The Bertz CT molecular complexity index is 1010. The van der Waals surface area contributed by atoms with Crippen molar-refractivity contribution in [2.75, 3.05) is 31.1 Å². The molecule has 0 unspecified atom stereocenters. The molecular formula is C22H21N3O4. The molecule has 7 heteroatoms. The molecule has 0 saturated carbocycles. The van der Waals surface area contributed by atoms with E-state index >= 15 is 0 Å². The fourth-order valence-corrected chi connectivity index (χ4v) is 3.19. The Kier molecular flexibility index (Phi) is 5.56. The Labute approximate surface area is 168 Å². The number of benzene rings is 1. The lowest BCUT2D eigenvalue weighted by atomic mass is 10.2. The molecule has 0 spiro atoms. The molecule has 1 aliphatic heterocycles. The predicted molar refractivity (Wildman–Crippen MR) is 108 cm³/mol. The van der Waals surface area contributed by atoms with Crippen LogP contribution in [-0.4, -0.2) is 42.0 Å². The largest absolute Gasteiger partial charge is 0.482 e. The van der Waals surface area contributed by atoms with Crippen LogP contribution in [0.15, 0.2) is 76.3 Å². The summed E-state index contributed by atoms with van der Waals surface area (Å²) in [5, 5.41) is 0. The summed E-state index contributed by atoms with van der Waals surface area (Å²) in [5.74, 6) is 0.710. The molecule has 1 aliphatic rings. The van der Waals surface area contributed by atoms with Gasteiger partial charge in [-0.3, -0.25) is 9.59 Å². The number of amides is 1. The van der Waals surface area contributed by atoms with E-state index in [1.54, 1.807) is 11.1 Å². The predicted octanol–water partition coefficient (Wildman–Crippen LogP) is 2.58. The van der Waals surface area contributed by atoms with E-state index in [0.717, 1.165) is 11.4 Å². The first kappa shape index (κ1) is 18.7. The van der Waals surface area contributed by atoms with Crippen LogP contribution in [0.1, 0.15) is 16.1 Å². The van der Waals surface area contributed by atoms with E-state index in [9.17, 15) is 9.59 Å². The van der Waals surface area contributed by atoms with Crippen LogP contribution < -0.4 is 15.1 Å². The van der Waals surface area contributed by atoms with Crippen molar-refractivity contribution in [3.05, 3.63) is 88.6 Å². The number of anilines is 1. The molecule has 0 N–H and O–H groups in total. The lowest BCUT2D eigenvalue weighted by Gasteiger charge is -2.35. The number of carbonyl (C=O) groups excluding carboxylic acids is 1. The van der Waals surface area contributed by atoms with Crippen molar-refractivity contribution in [2.24, 2.45) is 0 Å². The van der Waals surface area contributed by atoms with Gasteiger partial charge in [0.15, 0.2) is 5.76 Å². The molecule has 3 aromatic rings. The molecule has 7 nitrogen and oxygen atoms in total. The van der Waals surface area contributed by atoms with Gasteiger partial charge in [-0.2, -0.15) is 0 Å². The van der Waals surface area contributed by atoms with Gasteiger partial charge in [0.1, 0.15) is 18.7 Å². The molecule has 0 aliphatic carbocycles. The van der Waals surface area contributed by atoms with Crippen molar-refractivity contribution in [1.82, 2.24) is 9.88 Å². The summed E-state index contributed by atoms with van der Waals surface area (Å²) in [5.41, 5.74) is 0.570. The molecule has 1 aromatic carbocycles. The van der Waals surface area contributed by atoms with Crippen molar-refractivity contribution >= 4 is 11.7 Å². The van der Waals surface area contributed by atoms with E-state index in [0.29, 0.717) is 26.2 Å². The highest BCUT2D eigenvalue weighted by Gasteiger charge is 2.24. The standard InChI is InChI=1S/C22H21N3O4/c26-18-14-19(29-16-20(18)28-15-17-6-2-1-3-7-17)22(27)25-12-10-24(11-13-25)21-8-4-5-9-23-21/h1-9,14,16H,10-13,15H2. The van der Waals surface area contributed by atoms with Gasteiger partial charge in [0.25, 0.3) is 5.91 Å². The van der Waals surface area contributed by atoms with Crippen molar-refractivity contribution in [2.45, 2.75) is 6.61 Å². The van der Waals surface area contributed by atoms with Crippen molar-refractivity contribution < 1.29 is 13.9 Å². The van der Waals surface area contributed by atoms with Gasteiger partial charge in [-0.05, 0) is 17.7 Å². The van der Waals surface area contributed by atoms with Gasteiger partial charge in [0, 0.05) is 38.4 Å². The summed E-state index contributed by atoms with van der Waals surface area (Å²) < 4.78 is 10.9. The Morgan fingerprint density at radius 2 is 1.79 bits per heavy atom. The quantitative estimate of drug-likeness (QED) is 0.665. The first-order valence-electron chi connectivity index (χ1n) is 9.45. The second-order valence-electron chi connectivity index (χ2n) is 6.71. The lowest BCUT2D eigenvalue weighted by Crippen LogP contribution is -2.49. The third kappa shape index (κ3) is 4.45. The normalized spacial score (nSPS) is 13.9. The maximum Gasteiger partial charge on any atom is 0.289 e. The van der Waals surface area contributed by atoms with E-state index < -0.39 is 0 Å². The van der Waals surface area contributed by atoms with Crippen LogP contribution in [0.4, 0.5) is 5.82 Å². The topological polar surface area (TPSA) is 75.9 Å². The maximum absolute atomic E-state index is 12.7. The number of carbonyl (C=O) groups is 1. The lowest BCUT2D eigenvalue weighted by molar-refractivity contribution is 0.0710. The van der Waals surface area contributed by atoms with Gasteiger partial charge in [-0.15, -0.1) is 0 Å². The van der Waals surface area contributed by atoms with Crippen molar-refractivity contribution in [3.63, 3.8) is 0 Å². The minimum absolute atomic E-state index is 0.0216. The number of rotatable bonds is 5. The van der Waals surface area contributed by atoms with Gasteiger partial charge in [0.2, 0.25) is 11.2 Å². The van der Waals surface area contributed by atoms with Crippen LogP contribution in [0.3, 0.4) is 0 Å². The third-order valence-corrected chi connectivity index (χ3v) is 4.79. The van der Waals surface area contributed by atoms with Crippen LogP contribution in [0.25, 0.3) is 0 Å². The fraction of sp³-hybridized carbons (Fsp3) is 0.227. The van der Waals surface area contributed by atoms with Crippen LogP contribution in [0.2, 0.25) is 0 Å². The number of ether oxygens (including phenoxy) is 1. The number of nitrogens with zero attached hydrogens (tertiary/aromatic N) is 3. The highest BCUT2D eigenvalue weighted by molar-refractivity contribution is 5.91. The van der Waals surface area contributed by atoms with E-state index in [1.165, 1.54) is 12.3 Å². The van der Waals surface area contributed by atoms with E-state index in [1.807, 2.05) is 48.5 Å². The molecule has 1 saturated heterocycles. The molecule has 1 amide bonds. The van der Waals surface area contributed by atoms with Gasteiger partial charge in [-0.1, -0.05) is 36.4 Å². The zero-order chi connectivity index (χ0) is 20.1. The molecule has 148 valence electrons. The minimum atomic E-state index is -0.373. The van der Waals surface area contributed by atoms with Gasteiger partial charge in [-0.25, -0.2) is 4.98 Å². The monoisotopic (exact) mass is 391 g/mol. The smallest absolute Gasteiger partial charge is 0.289 e. The number of hydrogen-bond donors (Lipinski definition) is 0. The Morgan fingerprint density at radius 3 is 2.48 bits per heavy atom. The average Bonchev–Trinajstić information content (AvgIpc) is 2.79. The van der Waals surface area contributed by atoms with Gasteiger partial charge < -0.3 is 19.0 Å².